The molecule has 7 heteroatoms. The lowest BCUT2D eigenvalue weighted by molar-refractivity contribution is -0.143. The van der Waals surface area contributed by atoms with Crippen molar-refractivity contribution in [3.63, 3.8) is 0 Å². The molecule has 0 aromatic heterocycles. The highest BCUT2D eigenvalue weighted by atomic mass is 35.5. The van der Waals surface area contributed by atoms with Crippen LogP contribution in [0.3, 0.4) is 0 Å². The fourth-order valence-electron chi connectivity index (χ4n) is 2.09. The van der Waals surface area contributed by atoms with E-state index in [1.54, 1.807) is 18.2 Å². The zero-order chi connectivity index (χ0) is 16.0. The zero-order valence-electron chi connectivity index (χ0n) is 11.5. The van der Waals surface area contributed by atoms with Crippen molar-refractivity contribution in [2.75, 3.05) is 14.2 Å². The number of hydrogen-bond acceptors (Lipinski definition) is 4. The van der Waals surface area contributed by atoms with E-state index in [4.69, 9.17) is 32.7 Å². The van der Waals surface area contributed by atoms with Crippen molar-refractivity contribution in [2.24, 2.45) is 5.92 Å². The molecular formula is C14H15Cl2NO4. The minimum Gasteiger partial charge on any atom is -0.481 e. The molecule has 0 bridgehead atoms. The van der Waals surface area contributed by atoms with Gasteiger partial charge in [0.25, 0.3) is 0 Å². The minimum absolute atomic E-state index is 0.0262. The van der Waals surface area contributed by atoms with Crippen LogP contribution in [-0.2, 0) is 14.3 Å². The molecule has 0 fully saturated rings. The summed E-state index contributed by atoms with van der Waals surface area (Å²) in [7, 11) is 2.77. The molecule has 1 aromatic carbocycles. The first-order valence-electron chi connectivity index (χ1n) is 6.08. The minimum atomic E-state index is -1.11. The van der Waals surface area contributed by atoms with Gasteiger partial charge in [0, 0.05) is 29.8 Å². The molecule has 0 aliphatic carbocycles. The first-order valence-corrected chi connectivity index (χ1v) is 6.83. The molecule has 2 unspecified atom stereocenters. The van der Waals surface area contributed by atoms with E-state index in [2.05, 4.69) is 0 Å². The Hall–Kier alpha value is -1.32. The molecule has 0 saturated heterocycles. The molecule has 1 N–H and O–H groups in total. The van der Waals surface area contributed by atoms with E-state index >= 15 is 0 Å². The summed E-state index contributed by atoms with van der Waals surface area (Å²) < 4.78 is 10.1. The molecule has 0 heterocycles. The number of aliphatic carboxylic acids is 1. The number of ether oxygens (including phenoxy) is 2. The Bertz CT molecular complexity index is 520. The summed E-state index contributed by atoms with van der Waals surface area (Å²) in [6, 6.07) is 6.74. The largest absolute Gasteiger partial charge is 0.481 e. The van der Waals surface area contributed by atoms with Crippen LogP contribution in [-0.4, -0.2) is 31.6 Å². The van der Waals surface area contributed by atoms with Crippen LogP contribution in [0, 0.1) is 17.2 Å². The van der Waals surface area contributed by atoms with Gasteiger partial charge in [-0.05, 0) is 18.6 Å². The second-order valence-corrected chi connectivity index (χ2v) is 5.15. The van der Waals surface area contributed by atoms with Gasteiger partial charge in [-0.1, -0.05) is 29.3 Å². The van der Waals surface area contributed by atoms with Gasteiger partial charge >= 0.3 is 5.97 Å². The molecule has 0 spiro atoms. The topological polar surface area (TPSA) is 79.5 Å². The highest BCUT2D eigenvalue weighted by Crippen LogP contribution is 2.36. The third-order valence-corrected chi connectivity index (χ3v) is 3.75. The molecule has 5 nitrogen and oxygen atoms in total. The number of rotatable bonds is 7. The average molecular weight is 332 g/mol. The lowest BCUT2D eigenvalue weighted by Crippen LogP contribution is -2.27. The van der Waals surface area contributed by atoms with Gasteiger partial charge in [-0.3, -0.25) is 4.79 Å². The molecule has 0 radical (unpaired) electrons. The average Bonchev–Trinajstić information content (AvgIpc) is 2.44. The van der Waals surface area contributed by atoms with Crippen molar-refractivity contribution < 1.29 is 19.4 Å². The molecular weight excluding hydrogens is 317 g/mol. The number of hydrogen-bond donors (Lipinski definition) is 1. The van der Waals surface area contributed by atoms with E-state index in [1.807, 2.05) is 6.07 Å². The van der Waals surface area contributed by atoms with E-state index in [1.165, 1.54) is 14.2 Å². The molecule has 2 atom stereocenters. The van der Waals surface area contributed by atoms with Gasteiger partial charge < -0.3 is 14.6 Å². The fourth-order valence-corrected chi connectivity index (χ4v) is 2.75. The second-order valence-electron chi connectivity index (χ2n) is 4.34. The van der Waals surface area contributed by atoms with Crippen LogP contribution in [0.1, 0.15) is 17.9 Å². The van der Waals surface area contributed by atoms with E-state index in [0.717, 1.165) is 0 Å². The van der Waals surface area contributed by atoms with Gasteiger partial charge in [-0.25, -0.2) is 0 Å². The number of methoxy groups -OCH3 is 2. The summed E-state index contributed by atoms with van der Waals surface area (Å²) in [6.45, 7) is 0. The first-order chi connectivity index (χ1) is 9.96. The standard InChI is InChI=1S/C14H15Cl2NO4/c1-20-14(21-2)8(7-17)6-9(13(18)19)12-10(15)4-3-5-11(12)16/h3-5,8-9,14H,6H2,1-2H3,(H,18,19). The van der Waals surface area contributed by atoms with E-state index in [-0.39, 0.29) is 16.5 Å². The van der Waals surface area contributed by atoms with Crippen molar-refractivity contribution >= 4 is 29.2 Å². The Labute approximate surface area is 133 Å². The van der Waals surface area contributed by atoms with Crippen LogP contribution >= 0.6 is 23.2 Å². The highest BCUT2D eigenvalue weighted by Gasteiger charge is 2.32. The van der Waals surface area contributed by atoms with Gasteiger partial charge in [0.2, 0.25) is 0 Å². The Balaban J connectivity index is 3.14. The monoisotopic (exact) mass is 331 g/mol. The molecule has 1 rings (SSSR count). The molecule has 21 heavy (non-hydrogen) atoms. The second kappa shape index (κ2) is 8.20. The number of nitriles is 1. The summed E-state index contributed by atoms with van der Waals surface area (Å²) in [5.41, 5.74) is 0.291. The Morgan fingerprint density at radius 2 is 1.86 bits per heavy atom. The van der Waals surface area contributed by atoms with E-state index < -0.39 is 24.1 Å². The summed E-state index contributed by atoms with van der Waals surface area (Å²) in [4.78, 5) is 11.5. The fraction of sp³-hybridized carbons (Fsp3) is 0.429. The van der Waals surface area contributed by atoms with Crippen molar-refractivity contribution in [1.29, 1.82) is 5.26 Å². The molecule has 1 aromatic rings. The molecule has 0 amide bonds. The Morgan fingerprint density at radius 1 is 1.33 bits per heavy atom. The van der Waals surface area contributed by atoms with E-state index in [0.29, 0.717) is 5.56 Å². The summed E-state index contributed by atoms with van der Waals surface area (Å²) >= 11 is 12.1. The third kappa shape index (κ3) is 4.32. The normalized spacial score (nSPS) is 13.7. The van der Waals surface area contributed by atoms with Crippen LogP contribution in [0.2, 0.25) is 10.0 Å². The smallest absolute Gasteiger partial charge is 0.311 e. The quantitative estimate of drug-likeness (QED) is 0.775. The Morgan fingerprint density at radius 3 is 2.24 bits per heavy atom. The predicted octanol–water partition coefficient (Wildman–Crippen LogP) is 3.31. The van der Waals surface area contributed by atoms with Gasteiger partial charge in [-0.2, -0.15) is 5.26 Å². The van der Waals surface area contributed by atoms with Crippen LogP contribution in [0.5, 0.6) is 0 Å². The van der Waals surface area contributed by atoms with Crippen molar-refractivity contribution in [2.45, 2.75) is 18.6 Å². The number of nitrogens with zero attached hydrogens (tertiary/aromatic N) is 1. The number of carboxylic acids is 1. The SMILES string of the molecule is COC(OC)C(C#N)CC(C(=O)O)c1c(Cl)cccc1Cl. The molecule has 114 valence electrons. The van der Waals surface area contributed by atoms with Gasteiger partial charge in [0.15, 0.2) is 6.29 Å². The summed E-state index contributed by atoms with van der Waals surface area (Å²) in [5.74, 6) is -2.91. The van der Waals surface area contributed by atoms with E-state index in [9.17, 15) is 15.2 Å². The number of halogens is 2. The van der Waals surface area contributed by atoms with Crippen LogP contribution in [0.4, 0.5) is 0 Å². The van der Waals surface area contributed by atoms with Crippen LogP contribution in [0.15, 0.2) is 18.2 Å². The predicted molar refractivity (Wildman–Crippen MR) is 78.4 cm³/mol. The summed E-state index contributed by atoms with van der Waals surface area (Å²) in [6.07, 6.45) is -0.847. The van der Waals surface area contributed by atoms with Crippen LogP contribution < -0.4 is 0 Å². The van der Waals surface area contributed by atoms with Gasteiger partial charge in [0.05, 0.1) is 17.9 Å². The molecule has 0 aliphatic rings. The highest BCUT2D eigenvalue weighted by molar-refractivity contribution is 6.36. The third-order valence-electron chi connectivity index (χ3n) is 3.09. The maximum atomic E-state index is 11.5. The van der Waals surface area contributed by atoms with Crippen molar-refractivity contribution in [3.05, 3.63) is 33.8 Å². The maximum absolute atomic E-state index is 11.5. The van der Waals surface area contributed by atoms with Gasteiger partial charge in [0.1, 0.15) is 0 Å². The molecule has 0 saturated carbocycles. The lowest BCUT2D eigenvalue weighted by atomic mass is 9.89. The van der Waals surface area contributed by atoms with Crippen LogP contribution in [0.25, 0.3) is 0 Å². The maximum Gasteiger partial charge on any atom is 0.311 e. The first kappa shape index (κ1) is 17.7. The van der Waals surface area contributed by atoms with Gasteiger partial charge in [-0.15, -0.1) is 0 Å². The Kier molecular flexibility index (Phi) is 6.93. The molecule has 0 aliphatic heterocycles. The number of carboxylic acid groups (broad SMARTS) is 1. The van der Waals surface area contributed by atoms with Crippen molar-refractivity contribution in [1.82, 2.24) is 0 Å². The number of benzene rings is 1. The lowest BCUT2D eigenvalue weighted by Gasteiger charge is -2.23. The zero-order valence-corrected chi connectivity index (χ0v) is 13.1. The van der Waals surface area contributed by atoms with Crippen molar-refractivity contribution in [3.8, 4) is 6.07 Å². The summed E-state index contributed by atoms with van der Waals surface area (Å²) in [5, 5.41) is 19.1. The number of carbonyl (C=O) groups is 1.